The molecule has 1 saturated carbocycles. The predicted octanol–water partition coefficient (Wildman–Crippen LogP) is 1.95. The van der Waals surface area contributed by atoms with Gasteiger partial charge in [-0.2, -0.15) is 0 Å². The van der Waals surface area contributed by atoms with Gasteiger partial charge in [-0.15, -0.1) is 0 Å². The number of ether oxygens (including phenoxy) is 3. The first-order valence-corrected chi connectivity index (χ1v) is 8.89. The molecule has 1 spiro atoms. The van der Waals surface area contributed by atoms with Gasteiger partial charge in [-0.05, 0) is 61.9 Å². The molecule has 2 aliphatic rings. The zero-order chi connectivity index (χ0) is 17.9. The minimum absolute atomic E-state index is 0.0434. The van der Waals surface area contributed by atoms with Crippen molar-refractivity contribution in [2.45, 2.75) is 38.3 Å². The molecular formula is C19H28N2O4. The van der Waals surface area contributed by atoms with Gasteiger partial charge in [0.05, 0.1) is 20.3 Å². The van der Waals surface area contributed by atoms with Crippen molar-refractivity contribution >= 4 is 5.91 Å². The van der Waals surface area contributed by atoms with Crippen molar-refractivity contribution in [3.8, 4) is 11.5 Å². The average molecular weight is 348 g/mol. The molecule has 6 heteroatoms. The molecule has 1 aromatic rings. The Morgan fingerprint density at radius 2 is 1.92 bits per heavy atom. The van der Waals surface area contributed by atoms with E-state index in [2.05, 4.69) is 11.0 Å². The lowest BCUT2D eigenvalue weighted by Gasteiger charge is -2.53. The van der Waals surface area contributed by atoms with Gasteiger partial charge in [0.25, 0.3) is 0 Å². The monoisotopic (exact) mass is 348 g/mol. The minimum Gasteiger partial charge on any atom is -0.493 e. The number of piperidine rings is 1. The fourth-order valence-corrected chi connectivity index (χ4v) is 4.08. The highest BCUT2D eigenvalue weighted by Gasteiger charge is 2.48. The summed E-state index contributed by atoms with van der Waals surface area (Å²) in [5.74, 6) is 1.15. The van der Waals surface area contributed by atoms with Crippen LogP contribution in [-0.4, -0.2) is 50.8 Å². The van der Waals surface area contributed by atoms with Gasteiger partial charge in [0.1, 0.15) is 6.61 Å². The number of nitrogens with two attached hydrogens (primary N) is 1. The lowest BCUT2D eigenvalue weighted by molar-refractivity contribution is -0.150. The molecule has 2 N–H and O–H groups in total. The van der Waals surface area contributed by atoms with Gasteiger partial charge in [-0.1, -0.05) is 6.07 Å². The van der Waals surface area contributed by atoms with Gasteiger partial charge in [0.15, 0.2) is 11.5 Å². The van der Waals surface area contributed by atoms with Crippen LogP contribution in [0.3, 0.4) is 0 Å². The number of amides is 1. The molecule has 1 aliphatic heterocycles. The molecule has 1 atom stereocenters. The maximum Gasteiger partial charge on any atom is 0.243 e. The van der Waals surface area contributed by atoms with Crippen LogP contribution in [0.1, 0.15) is 31.2 Å². The summed E-state index contributed by atoms with van der Waals surface area (Å²) >= 11 is 0. The third-order valence-electron chi connectivity index (χ3n) is 5.72. The van der Waals surface area contributed by atoms with Crippen LogP contribution in [-0.2, 0) is 16.1 Å². The Morgan fingerprint density at radius 3 is 2.48 bits per heavy atom. The van der Waals surface area contributed by atoms with Gasteiger partial charge in [-0.25, -0.2) is 0 Å². The Kier molecular flexibility index (Phi) is 5.49. The van der Waals surface area contributed by atoms with E-state index < -0.39 is 0 Å². The van der Waals surface area contributed by atoms with Crippen LogP contribution < -0.4 is 15.2 Å². The van der Waals surface area contributed by atoms with Crippen molar-refractivity contribution in [3.05, 3.63) is 23.8 Å². The number of likely N-dealkylation sites (tertiary alicyclic amines) is 1. The summed E-state index contributed by atoms with van der Waals surface area (Å²) in [7, 11) is 3.31. The summed E-state index contributed by atoms with van der Waals surface area (Å²) in [5.41, 5.74) is 6.68. The van der Waals surface area contributed by atoms with E-state index >= 15 is 0 Å². The highest BCUT2D eigenvalue weighted by molar-refractivity contribution is 5.75. The highest BCUT2D eigenvalue weighted by atomic mass is 16.5. The Balaban J connectivity index is 1.54. The number of primary amides is 1. The predicted molar refractivity (Wildman–Crippen MR) is 94.7 cm³/mol. The van der Waals surface area contributed by atoms with E-state index in [-0.39, 0.29) is 24.0 Å². The topological polar surface area (TPSA) is 74.0 Å². The van der Waals surface area contributed by atoms with Crippen molar-refractivity contribution in [2.75, 3.05) is 33.9 Å². The Hall–Kier alpha value is -1.79. The molecular weight excluding hydrogens is 320 g/mol. The van der Waals surface area contributed by atoms with E-state index in [1.807, 2.05) is 12.1 Å². The van der Waals surface area contributed by atoms with Crippen LogP contribution >= 0.6 is 0 Å². The number of hydrogen-bond donors (Lipinski definition) is 1. The maximum absolute atomic E-state index is 10.9. The molecule has 1 amide bonds. The molecule has 1 saturated heterocycles. The summed E-state index contributed by atoms with van der Waals surface area (Å²) in [4.78, 5) is 13.4. The molecule has 3 rings (SSSR count). The third-order valence-corrected chi connectivity index (χ3v) is 5.72. The van der Waals surface area contributed by atoms with Crippen LogP contribution in [0.15, 0.2) is 18.2 Å². The molecule has 1 heterocycles. The minimum atomic E-state index is -0.382. The Bertz CT molecular complexity index is 611. The van der Waals surface area contributed by atoms with Crippen LogP contribution in [0.4, 0.5) is 0 Å². The zero-order valence-corrected chi connectivity index (χ0v) is 15.1. The number of carbonyl (C=O) groups excluding carboxylic acids is 1. The van der Waals surface area contributed by atoms with Crippen LogP contribution in [0.25, 0.3) is 0 Å². The van der Waals surface area contributed by atoms with E-state index in [0.29, 0.717) is 0 Å². The second-order valence-corrected chi connectivity index (χ2v) is 7.13. The number of hydrogen-bond acceptors (Lipinski definition) is 5. The maximum atomic E-state index is 10.9. The van der Waals surface area contributed by atoms with Crippen LogP contribution in [0.2, 0.25) is 0 Å². The SMILES string of the molecule is COc1ccc(CN2CCC3(CCC3OCC(N)=O)CC2)cc1OC. The highest BCUT2D eigenvalue weighted by Crippen LogP contribution is 2.50. The molecule has 6 nitrogen and oxygen atoms in total. The average Bonchev–Trinajstić information content (AvgIpc) is 2.61. The van der Waals surface area contributed by atoms with E-state index in [0.717, 1.165) is 50.4 Å². The van der Waals surface area contributed by atoms with Gasteiger partial charge in [0, 0.05) is 6.54 Å². The van der Waals surface area contributed by atoms with Gasteiger partial charge in [-0.3, -0.25) is 9.69 Å². The molecule has 138 valence electrons. The third kappa shape index (κ3) is 3.90. The first-order chi connectivity index (χ1) is 12.1. The molecule has 1 unspecified atom stereocenters. The number of carbonyl (C=O) groups is 1. The largest absolute Gasteiger partial charge is 0.493 e. The van der Waals surface area contributed by atoms with Gasteiger partial charge in [0.2, 0.25) is 5.91 Å². The molecule has 0 aromatic heterocycles. The summed E-state index contributed by atoms with van der Waals surface area (Å²) in [6.07, 6.45) is 4.67. The lowest BCUT2D eigenvalue weighted by Crippen LogP contribution is -2.53. The van der Waals surface area contributed by atoms with Crippen LogP contribution in [0, 0.1) is 5.41 Å². The fraction of sp³-hybridized carbons (Fsp3) is 0.632. The van der Waals surface area contributed by atoms with Gasteiger partial charge < -0.3 is 19.9 Å². The zero-order valence-electron chi connectivity index (χ0n) is 15.1. The lowest BCUT2D eigenvalue weighted by atomic mass is 9.60. The van der Waals surface area contributed by atoms with Crippen molar-refractivity contribution in [2.24, 2.45) is 11.1 Å². The quantitative estimate of drug-likeness (QED) is 0.815. The molecule has 0 bridgehead atoms. The molecule has 25 heavy (non-hydrogen) atoms. The van der Waals surface area contributed by atoms with E-state index in [1.54, 1.807) is 14.2 Å². The van der Waals surface area contributed by atoms with Gasteiger partial charge >= 0.3 is 0 Å². The van der Waals surface area contributed by atoms with Crippen molar-refractivity contribution < 1.29 is 19.0 Å². The van der Waals surface area contributed by atoms with Crippen molar-refractivity contribution in [3.63, 3.8) is 0 Å². The second-order valence-electron chi connectivity index (χ2n) is 7.13. The standard InChI is InChI=1S/C19H28N2O4/c1-23-15-4-3-14(11-16(15)24-2)12-21-9-7-19(8-10-21)6-5-17(19)25-13-18(20)22/h3-4,11,17H,5-10,12-13H2,1-2H3,(H2,20,22). The van der Waals surface area contributed by atoms with Crippen molar-refractivity contribution in [1.82, 2.24) is 4.90 Å². The number of methoxy groups -OCH3 is 2. The number of rotatable bonds is 7. The van der Waals surface area contributed by atoms with E-state index in [9.17, 15) is 4.79 Å². The summed E-state index contributed by atoms with van der Waals surface area (Å²) in [5, 5.41) is 0. The summed E-state index contributed by atoms with van der Waals surface area (Å²) in [6.45, 7) is 3.04. The molecule has 1 aromatic carbocycles. The van der Waals surface area contributed by atoms with Crippen molar-refractivity contribution in [1.29, 1.82) is 0 Å². The molecule has 0 radical (unpaired) electrons. The second kappa shape index (κ2) is 7.62. The first kappa shape index (κ1) is 18.0. The first-order valence-electron chi connectivity index (χ1n) is 8.89. The van der Waals surface area contributed by atoms with E-state index in [1.165, 1.54) is 12.0 Å². The molecule has 2 fully saturated rings. The number of benzene rings is 1. The Labute approximate surface area is 149 Å². The normalized spacial score (nSPS) is 22.4. The Morgan fingerprint density at radius 1 is 1.20 bits per heavy atom. The van der Waals surface area contributed by atoms with E-state index in [4.69, 9.17) is 19.9 Å². The number of nitrogens with zero attached hydrogens (tertiary/aromatic N) is 1. The molecule has 1 aliphatic carbocycles. The summed E-state index contributed by atoms with van der Waals surface area (Å²) < 4.78 is 16.4. The van der Waals surface area contributed by atoms with Crippen LogP contribution in [0.5, 0.6) is 11.5 Å². The fourth-order valence-electron chi connectivity index (χ4n) is 4.08. The summed E-state index contributed by atoms with van der Waals surface area (Å²) in [6, 6.07) is 6.10. The smallest absolute Gasteiger partial charge is 0.243 e.